The Kier molecular flexibility index (Phi) is 7.52. The Balaban J connectivity index is 2.05. The van der Waals surface area contributed by atoms with Crippen molar-refractivity contribution >= 4 is 11.9 Å². The molecule has 5 atom stereocenters. The summed E-state index contributed by atoms with van der Waals surface area (Å²) in [6.07, 6.45) is -3.87. The van der Waals surface area contributed by atoms with Gasteiger partial charge in [0.1, 0.15) is 18.2 Å². The van der Waals surface area contributed by atoms with Crippen LogP contribution in [0.4, 0.5) is 0 Å². The van der Waals surface area contributed by atoms with Gasteiger partial charge in [0.25, 0.3) is 0 Å². The largest absolute Gasteiger partial charge is 0.457 e. The summed E-state index contributed by atoms with van der Waals surface area (Å²) in [6.45, 7) is 2.97. The minimum absolute atomic E-state index is 0.0699. The monoisotopic (exact) mass is 367 g/mol. The smallest absolute Gasteiger partial charge is 0.303 e. The van der Waals surface area contributed by atoms with E-state index in [4.69, 9.17) is 18.9 Å². The average molecular weight is 367 g/mol. The van der Waals surface area contributed by atoms with Gasteiger partial charge in [-0.1, -0.05) is 30.3 Å². The summed E-state index contributed by atoms with van der Waals surface area (Å²) in [4.78, 5) is 22.9. The number of rotatable bonds is 7. The van der Waals surface area contributed by atoms with Gasteiger partial charge in [-0.05, 0) is 5.56 Å². The van der Waals surface area contributed by atoms with Crippen LogP contribution in [0.25, 0.3) is 0 Å². The molecule has 0 bridgehead atoms. The number of amides is 1. The first kappa shape index (κ1) is 20.3. The van der Waals surface area contributed by atoms with Crippen molar-refractivity contribution in [1.29, 1.82) is 0 Å². The van der Waals surface area contributed by atoms with Gasteiger partial charge < -0.3 is 29.4 Å². The van der Waals surface area contributed by atoms with Gasteiger partial charge in [-0.15, -0.1) is 0 Å². The number of ether oxygens (including phenoxy) is 4. The van der Waals surface area contributed by atoms with E-state index in [1.165, 1.54) is 21.0 Å². The molecule has 0 aromatic heterocycles. The first-order chi connectivity index (χ1) is 12.4. The van der Waals surface area contributed by atoms with E-state index in [2.05, 4.69) is 5.32 Å². The summed E-state index contributed by atoms with van der Waals surface area (Å²) in [5.74, 6) is -0.936. The molecule has 1 aliphatic heterocycles. The number of esters is 1. The van der Waals surface area contributed by atoms with Gasteiger partial charge >= 0.3 is 5.97 Å². The summed E-state index contributed by atoms with van der Waals surface area (Å²) < 4.78 is 21.8. The van der Waals surface area contributed by atoms with E-state index < -0.39 is 36.6 Å². The van der Waals surface area contributed by atoms with Crippen molar-refractivity contribution in [2.75, 3.05) is 13.7 Å². The van der Waals surface area contributed by atoms with Crippen LogP contribution in [0.2, 0.25) is 0 Å². The van der Waals surface area contributed by atoms with Crippen molar-refractivity contribution < 1.29 is 33.6 Å². The van der Waals surface area contributed by atoms with Gasteiger partial charge in [-0.3, -0.25) is 9.59 Å². The predicted molar refractivity (Wildman–Crippen MR) is 90.9 cm³/mol. The third kappa shape index (κ3) is 5.50. The topological polar surface area (TPSA) is 103 Å². The Morgan fingerprint density at radius 1 is 1.23 bits per heavy atom. The highest BCUT2D eigenvalue weighted by Crippen LogP contribution is 2.25. The van der Waals surface area contributed by atoms with Crippen molar-refractivity contribution in [3.63, 3.8) is 0 Å². The highest BCUT2D eigenvalue weighted by molar-refractivity contribution is 5.73. The summed E-state index contributed by atoms with van der Waals surface area (Å²) in [5, 5.41) is 13.2. The first-order valence-electron chi connectivity index (χ1n) is 8.34. The predicted octanol–water partition coefficient (Wildman–Crippen LogP) is 0.372. The minimum atomic E-state index is -1.18. The molecule has 1 aromatic rings. The fraction of sp³-hybridized carbons (Fsp3) is 0.556. The molecule has 2 rings (SSSR count). The molecular weight excluding hydrogens is 342 g/mol. The molecule has 0 saturated carbocycles. The van der Waals surface area contributed by atoms with Crippen LogP contribution >= 0.6 is 0 Å². The van der Waals surface area contributed by atoms with Gasteiger partial charge in [0.05, 0.1) is 13.2 Å². The number of benzene rings is 1. The maximum atomic E-state index is 11.5. The standard InChI is InChI=1S/C18H25NO7/c1-11(20)19-15-17(25-12(2)21)16(22)14(26-18(15)23-3)10-24-9-13-7-5-4-6-8-13/h4-8,14-18,22H,9-10H2,1-3H3,(H,19,20)/t14-,15-,16-,17-,18-/m1/s1. The second-order valence-electron chi connectivity index (χ2n) is 6.07. The number of aliphatic hydroxyl groups is 1. The Morgan fingerprint density at radius 2 is 1.92 bits per heavy atom. The quantitative estimate of drug-likeness (QED) is 0.671. The Labute approximate surface area is 152 Å². The molecule has 0 radical (unpaired) electrons. The van der Waals surface area contributed by atoms with Gasteiger partial charge in [0, 0.05) is 21.0 Å². The highest BCUT2D eigenvalue weighted by atomic mass is 16.7. The molecule has 8 nitrogen and oxygen atoms in total. The number of hydrogen-bond acceptors (Lipinski definition) is 7. The molecule has 0 unspecified atom stereocenters. The lowest BCUT2D eigenvalue weighted by Gasteiger charge is -2.43. The number of nitrogens with one attached hydrogen (secondary N) is 1. The lowest BCUT2D eigenvalue weighted by Crippen LogP contribution is -2.65. The Hall–Kier alpha value is -2.00. The van der Waals surface area contributed by atoms with Crippen LogP contribution in [-0.4, -0.2) is 61.3 Å². The number of carbonyl (C=O) groups is 2. The zero-order valence-electron chi connectivity index (χ0n) is 15.1. The number of methoxy groups -OCH3 is 1. The molecule has 1 saturated heterocycles. The Bertz CT molecular complexity index is 594. The SMILES string of the molecule is CO[C@@H]1O[C@H](COCc2ccccc2)[C@@H](O)[C@H](OC(C)=O)[C@H]1NC(C)=O. The van der Waals surface area contributed by atoms with Crippen LogP contribution in [0.3, 0.4) is 0 Å². The van der Waals surface area contributed by atoms with Gasteiger partial charge in [0.2, 0.25) is 5.91 Å². The van der Waals surface area contributed by atoms with Crippen LogP contribution in [0.1, 0.15) is 19.4 Å². The third-order valence-electron chi connectivity index (χ3n) is 3.97. The summed E-state index contributed by atoms with van der Waals surface area (Å²) in [6, 6.07) is 8.73. The van der Waals surface area contributed by atoms with Gasteiger partial charge in [0.15, 0.2) is 12.4 Å². The molecule has 1 heterocycles. The lowest BCUT2D eigenvalue weighted by molar-refractivity contribution is -0.269. The van der Waals surface area contributed by atoms with Crippen molar-refractivity contribution in [2.24, 2.45) is 0 Å². The van der Waals surface area contributed by atoms with Crippen molar-refractivity contribution in [1.82, 2.24) is 5.32 Å². The van der Waals surface area contributed by atoms with Crippen molar-refractivity contribution in [3.05, 3.63) is 35.9 Å². The van der Waals surface area contributed by atoms with Crippen molar-refractivity contribution in [3.8, 4) is 0 Å². The Morgan fingerprint density at radius 3 is 2.50 bits per heavy atom. The van der Waals surface area contributed by atoms with E-state index in [0.29, 0.717) is 6.61 Å². The van der Waals surface area contributed by atoms with E-state index >= 15 is 0 Å². The maximum Gasteiger partial charge on any atom is 0.303 e. The molecule has 2 N–H and O–H groups in total. The zero-order valence-corrected chi connectivity index (χ0v) is 15.1. The van der Waals surface area contributed by atoms with E-state index in [-0.39, 0.29) is 12.5 Å². The van der Waals surface area contributed by atoms with Crippen LogP contribution < -0.4 is 5.32 Å². The molecule has 1 aromatic carbocycles. The molecule has 144 valence electrons. The molecular formula is C18H25NO7. The number of aliphatic hydroxyl groups excluding tert-OH is 1. The van der Waals surface area contributed by atoms with E-state index in [1.807, 2.05) is 30.3 Å². The lowest BCUT2D eigenvalue weighted by atomic mass is 9.96. The van der Waals surface area contributed by atoms with Crippen LogP contribution in [0, 0.1) is 0 Å². The fourth-order valence-electron chi connectivity index (χ4n) is 2.84. The molecule has 1 fully saturated rings. The molecule has 1 amide bonds. The average Bonchev–Trinajstić information content (AvgIpc) is 2.60. The third-order valence-corrected chi connectivity index (χ3v) is 3.97. The van der Waals surface area contributed by atoms with Crippen LogP contribution in [-0.2, 0) is 35.1 Å². The van der Waals surface area contributed by atoms with Gasteiger partial charge in [-0.25, -0.2) is 0 Å². The minimum Gasteiger partial charge on any atom is -0.457 e. The van der Waals surface area contributed by atoms with Crippen LogP contribution in [0.5, 0.6) is 0 Å². The highest BCUT2D eigenvalue weighted by Gasteiger charge is 2.48. The van der Waals surface area contributed by atoms with E-state index in [1.54, 1.807) is 0 Å². The normalized spacial score (nSPS) is 28.4. The molecule has 8 heteroatoms. The second kappa shape index (κ2) is 9.63. The fourth-order valence-corrected chi connectivity index (χ4v) is 2.84. The van der Waals surface area contributed by atoms with E-state index in [0.717, 1.165) is 5.56 Å². The second-order valence-corrected chi connectivity index (χ2v) is 6.07. The molecule has 26 heavy (non-hydrogen) atoms. The zero-order chi connectivity index (χ0) is 19.1. The van der Waals surface area contributed by atoms with Crippen molar-refractivity contribution in [2.45, 2.75) is 51.1 Å². The van der Waals surface area contributed by atoms with E-state index in [9.17, 15) is 14.7 Å². The summed E-state index contributed by atoms with van der Waals surface area (Å²) in [7, 11) is 1.41. The maximum absolute atomic E-state index is 11.5. The molecule has 0 spiro atoms. The first-order valence-corrected chi connectivity index (χ1v) is 8.34. The summed E-state index contributed by atoms with van der Waals surface area (Å²) >= 11 is 0. The van der Waals surface area contributed by atoms with Crippen LogP contribution in [0.15, 0.2) is 30.3 Å². The van der Waals surface area contributed by atoms with Gasteiger partial charge in [-0.2, -0.15) is 0 Å². The number of hydrogen-bond donors (Lipinski definition) is 2. The molecule has 0 aliphatic carbocycles. The molecule has 1 aliphatic rings. The number of carbonyl (C=O) groups excluding carboxylic acids is 2. The summed E-state index contributed by atoms with van der Waals surface area (Å²) in [5.41, 5.74) is 0.980.